The monoisotopic (exact) mass is 243 g/mol. The lowest BCUT2D eigenvalue weighted by atomic mass is 10.3. The minimum absolute atomic E-state index is 0.445. The molecule has 5 nitrogen and oxygen atoms in total. The first kappa shape index (κ1) is 12.2. The number of aromatic amines is 1. The highest BCUT2D eigenvalue weighted by Gasteiger charge is 1.95. The van der Waals surface area contributed by atoms with Crippen LogP contribution in [-0.4, -0.2) is 22.5 Å². The number of anilines is 1. The van der Waals surface area contributed by atoms with Gasteiger partial charge in [-0.2, -0.15) is 0 Å². The van der Waals surface area contributed by atoms with E-state index < -0.39 is 0 Å². The molecule has 0 spiro atoms. The summed E-state index contributed by atoms with van der Waals surface area (Å²) in [6.07, 6.45) is 5.38. The number of aryl methyl sites for hydroxylation is 1. The zero-order valence-electron chi connectivity index (χ0n) is 10.1. The van der Waals surface area contributed by atoms with E-state index in [-0.39, 0.29) is 0 Å². The molecule has 2 rings (SSSR count). The molecule has 0 atom stereocenters. The topological polar surface area (TPSA) is 79.1 Å². The third kappa shape index (κ3) is 3.93. The standard InChI is InChI=1S/C13H17N5/c14-13(18-11-5-2-1-3-6-11)17-8-4-7-12-15-9-10-16-12/h1-3,5-6,9-10H,4,7-8H2,(H,15,16)(H3,14,17,18). The first-order chi connectivity index (χ1) is 8.84. The van der Waals surface area contributed by atoms with Gasteiger partial charge in [0.15, 0.2) is 5.96 Å². The number of nitrogens with two attached hydrogens (primary N) is 1. The number of nitrogens with one attached hydrogen (secondary N) is 2. The lowest BCUT2D eigenvalue weighted by Gasteiger charge is -2.04. The molecule has 0 aliphatic rings. The summed E-state index contributed by atoms with van der Waals surface area (Å²) in [6, 6.07) is 9.76. The molecular formula is C13H17N5. The molecule has 0 radical (unpaired) electrons. The number of guanidine groups is 1. The molecule has 1 aromatic heterocycles. The van der Waals surface area contributed by atoms with E-state index in [0.717, 1.165) is 24.4 Å². The van der Waals surface area contributed by atoms with Crippen LogP contribution in [0.15, 0.2) is 47.7 Å². The van der Waals surface area contributed by atoms with Crippen LogP contribution >= 0.6 is 0 Å². The molecule has 0 fully saturated rings. The van der Waals surface area contributed by atoms with Crippen LogP contribution in [0.2, 0.25) is 0 Å². The van der Waals surface area contributed by atoms with E-state index in [4.69, 9.17) is 5.73 Å². The Bertz CT molecular complexity index is 475. The van der Waals surface area contributed by atoms with Crippen molar-refractivity contribution >= 4 is 11.6 Å². The molecule has 0 bridgehead atoms. The van der Waals surface area contributed by atoms with Gasteiger partial charge in [0.1, 0.15) is 5.82 Å². The van der Waals surface area contributed by atoms with E-state index in [1.54, 1.807) is 6.20 Å². The molecule has 0 aliphatic heterocycles. The van der Waals surface area contributed by atoms with Gasteiger partial charge < -0.3 is 16.0 Å². The highest BCUT2D eigenvalue weighted by atomic mass is 15.1. The van der Waals surface area contributed by atoms with Crippen molar-refractivity contribution < 1.29 is 0 Å². The number of aliphatic imine (C=N–C) groups is 1. The Balaban J connectivity index is 1.72. The number of H-pyrrole nitrogens is 1. The van der Waals surface area contributed by atoms with Crippen LogP contribution in [0, 0.1) is 0 Å². The van der Waals surface area contributed by atoms with Gasteiger partial charge in [0.05, 0.1) is 0 Å². The summed E-state index contributed by atoms with van der Waals surface area (Å²) in [5, 5.41) is 3.04. The van der Waals surface area contributed by atoms with E-state index in [2.05, 4.69) is 20.3 Å². The Kier molecular flexibility index (Phi) is 4.35. The zero-order chi connectivity index (χ0) is 12.6. The Morgan fingerprint density at radius 2 is 2.17 bits per heavy atom. The van der Waals surface area contributed by atoms with Gasteiger partial charge in [0.2, 0.25) is 0 Å². The summed E-state index contributed by atoms with van der Waals surface area (Å²) in [5.41, 5.74) is 6.73. The number of aromatic nitrogens is 2. The van der Waals surface area contributed by atoms with Crippen molar-refractivity contribution in [1.82, 2.24) is 9.97 Å². The highest BCUT2D eigenvalue weighted by molar-refractivity contribution is 5.92. The lowest BCUT2D eigenvalue weighted by molar-refractivity contribution is 0.793. The van der Waals surface area contributed by atoms with Gasteiger partial charge in [-0.25, -0.2) is 4.98 Å². The molecular weight excluding hydrogens is 226 g/mol. The first-order valence-corrected chi connectivity index (χ1v) is 5.95. The van der Waals surface area contributed by atoms with Crippen LogP contribution in [-0.2, 0) is 6.42 Å². The van der Waals surface area contributed by atoms with Gasteiger partial charge in [-0.05, 0) is 18.6 Å². The summed E-state index contributed by atoms with van der Waals surface area (Å²) >= 11 is 0. The number of benzene rings is 1. The molecule has 1 heterocycles. The minimum Gasteiger partial charge on any atom is -0.370 e. The van der Waals surface area contributed by atoms with Gasteiger partial charge in [-0.3, -0.25) is 4.99 Å². The summed E-state index contributed by atoms with van der Waals surface area (Å²) < 4.78 is 0. The molecule has 2 aromatic rings. The van der Waals surface area contributed by atoms with Crippen molar-refractivity contribution in [3.8, 4) is 0 Å². The van der Waals surface area contributed by atoms with Crippen LogP contribution < -0.4 is 11.1 Å². The van der Waals surface area contributed by atoms with Gasteiger partial charge >= 0.3 is 0 Å². The number of hydrogen-bond donors (Lipinski definition) is 3. The number of nitrogens with zero attached hydrogens (tertiary/aromatic N) is 2. The minimum atomic E-state index is 0.445. The van der Waals surface area contributed by atoms with Crippen molar-refractivity contribution in [2.75, 3.05) is 11.9 Å². The summed E-state index contributed by atoms with van der Waals surface area (Å²) in [5.74, 6) is 1.43. The molecule has 94 valence electrons. The van der Waals surface area contributed by atoms with Crippen LogP contribution in [0.1, 0.15) is 12.2 Å². The van der Waals surface area contributed by atoms with Gasteiger partial charge in [0.25, 0.3) is 0 Å². The smallest absolute Gasteiger partial charge is 0.193 e. The van der Waals surface area contributed by atoms with Crippen LogP contribution in [0.3, 0.4) is 0 Å². The zero-order valence-corrected chi connectivity index (χ0v) is 10.1. The third-order valence-corrected chi connectivity index (χ3v) is 2.45. The van der Waals surface area contributed by atoms with Crippen molar-refractivity contribution in [1.29, 1.82) is 0 Å². The molecule has 18 heavy (non-hydrogen) atoms. The van der Waals surface area contributed by atoms with Crippen molar-refractivity contribution in [2.24, 2.45) is 10.7 Å². The number of rotatable bonds is 5. The van der Waals surface area contributed by atoms with Gasteiger partial charge in [0, 0.05) is 31.0 Å². The normalized spacial score (nSPS) is 11.4. The number of para-hydroxylation sites is 1. The molecule has 0 unspecified atom stereocenters. The van der Waals surface area contributed by atoms with Crippen molar-refractivity contribution in [2.45, 2.75) is 12.8 Å². The van der Waals surface area contributed by atoms with Gasteiger partial charge in [-0.15, -0.1) is 0 Å². The van der Waals surface area contributed by atoms with E-state index in [9.17, 15) is 0 Å². The fourth-order valence-corrected chi connectivity index (χ4v) is 1.59. The Morgan fingerprint density at radius 1 is 1.33 bits per heavy atom. The van der Waals surface area contributed by atoms with Crippen LogP contribution in [0.5, 0.6) is 0 Å². The van der Waals surface area contributed by atoms with E-state index in [1.165, 1.54) is 0 Å². The van der Waals surface area contributed by atoms with Crippen molar-refractivity contribution in [3.63, 3.8) is 0 Å². The Hall–Kier alpha value is -2.30. The molecule has 1 aromatic carbocycles. The van der Waals surface area contributed by atoms with E-state index >= 15 is 0 Å². The maximum Gasteiger partial charge on any atom is 0.193 e. The summed E-state index contributed by atoms with van der Waals surface area (Å²) in [4.78, 5) is 11.5. The maximum absolute atomic E-state index is 5.78. The largest absolute Gasteiger partial charge is 0.370 e. The van der Waals surface area contributed by atoms with E-state index in [0.29, 0.717) is 12.5 Å². The molecule has 4 N–H and O–H groups in total. The second-order valence-electron chi connectivity index (χ2n) is 3.90. The fraction of sp³-hybridized carbons (Fsp3) is 0.231. The van der Waals surface area contributed by atoms with Crippen LogP contribution in [0.4, 0.5) is 5.69 Å². The molecule has 5 heteroatoms. The fourth-order valence-electron chi connectivity index (χ4n) is 1.59. The third-order valence-electron chi connectivity index (χ3n) is 2.45. The second kappa shape index (κ2) is 6.44. The van der Waals surface area contributed by atoms with Crippen molar-refractivity contribution in [3.05, 3.63) is 48.5 Å². The second-order valence-corrected chi connectivity index (χ2v) is 3.90. The molecule has 0 aliphatic carbocycles. The molecule has 0 saturated heterocycles. The maximum atomic E-state index is 5.78. The molecule has 0 amide bonds. The number of hydrogen-bond acceptors (Lipinski definition) is 2. The van der Waals surface area contributed by atoms with Crippen LogP contribution in [0.25, 0.3) is 0 Å². The average molecular weight is 243 g/mol. The quantitative estimate of drug-likeness (QED) is 0.425. The highest BCUT2D eigenvalue weighted by Crippen LogP contribution is 2.03. The molecule has 0 saturated carbocycles. The number of imidazole rings is 1. The van der Waals surface area contributed by atoms with Gasteiger partial charge in [-0.1, -0.05) is 18.2 Å². The van der Waals surface area contributed by atoms with E-state index in [1.807, 2.05) is 36.5 Å². The predicted molar refractivity (Wildman–Crippen MR) is 73.5 cm³/mol. The average Bonchev–Trinajstić information content (AvgIpc) is 2.89. The predicted octanol–water partition coefficient (Wildman–Crippen LogP) is 1.77. The lowest BCUT2D eigenvalue weighted by Crippen LogP contribution is -2.22. The summed E-state index contributed by atoms with van der Waals surface area (Å²) in [6.45, 7) is 0.687. The Labute approximate surface area is 106 Å². The summed E-state index contributed by atoms with van der Waals surface area (Å²) in [7, 11) is 0. The first-order valence-electron chi connectivity index (χ1n) is 5.95. The SMILES string of the molecule is NC(=NCCCc1ncc[nH]1)Nc1ccccc1. The Morgan fingerprint density at radius 3 is 2.89 bits per heavy atom.